The number of benzene rings is 1. The van der Waals surface area contributed by atoms with Crippen LogP contribution in [0.25, 0.3) is 0 Å². The van der Waals surface area contributed by atoms with Gasteiger partial charge in [0.15, 0.2) is 0 Å². The predicted octanol–water partition coefficient (Wildman–Crippen LogP) is 4.79. The molecule has 1 unspecified atom stereocenters. The van der Waals surface area contributed by atoms with Gasteiger partial charge in [0.1, 0.15) is 18.0 Å². The van der Waals surface area contributed by atoms with E-state index in [-0.39, 0.29) is 12.1 Å². The number of carbonyl (C=O) groups excluding carboxylic acids is 1. The van der Waals surface area contributed by atoms with Crippen molar-refractivity contribution in [2.45, 2.75) is 39.3 Å². The number of hydrogen-bond donors (Lipinski definition) is 0. The van der Waals surface area contributed by atoms with Gasteiger partial charge in [0, 0.05) is 10.0 Å². The Bertz CT molecular complexity index is 557. The summed E-state index contributed by atoms with van der Waals surface area (Å²) in [4.78, 5) is 14.0. The third kappa shape index (κ3) is 3.83. The van der Waals surface area contributed by atoms with Crippen LogP contribution in [0, 0.1) is 0 Å². The lowest BCUT2D eigenvalue weighted by atomic mass is 10.1. The lowest BCUT2D eigenvalue weighted by molar-refractivity contribution is 0.0167. The van der Waals surface area contributed by atoms with E-state index >= 15 is 0 Å². The van der Waals surface area contributed by atoms with Crippen molar-refractivity contribution < 1.29 is 14.3 Å². The molecular weight excluding hydrogens is 358 g/mol. The molecule has 1 amide bonds. The normalized spacial score (nSPS) is 18.6. The highest BCUT2D eigenvalue weighted by molar-refractivity contribution is 9.10. The molecule has 1 atom stereocenters. The number of fused-ring (bicyclic) bond motifs is 1. The van der Waals surface area contributed by atoms with Crippen LogP contribution in [0.3, 0.4) is 0 Å². The monoisotopic (exact) mass is 375 g/mol. The number of ether oxygens (including phenoxy) is 2. The van der Waals surface area contributed by atoms with Crippen LogP contribution in [0.1, 0.15) is 39.3 Å². The van der Waals surface area contributed by atoms with Gasteiger partial charge >= 0.3 is 6.09 Å². The van der Waals surface area contributed by atoms with E-state index < -0.39 is 5.60 Å². The van der Waals surface area contributed by atoms with Gasteiger partial charge in [0.05, 0.1) is 17.6 Å². The molecule has 116 valence electrons. The maximum atomic E-state index is 12.4. The number of hydrogen-bond acceptors (Lipinski definition) is 3. The average Bonchev–Trinajstić information content (AvgIpc) is 2.48. The zero-order valence-electron chi connectivity index (χ0n) is 12.6. The molecule has 1 aromatic rings. The standard InChI is InChI=1S/C15H19BrClNO3/c1-9-11-7-10(16)8-12(17)13(11)20-6-5-18(9)14(19)21-15(2,3)4/h7-9H,5-6H2,1-4H3. The first kappa shape index (κ1) is 16.4. The Morgan fingerprint density at radius 1 is 1.48 bits per heavy atom. The molecular formula is C15H19BrClNO3. The Morgan fingerprint density at radius 2 is 2.14 bits per heavy atom. The minimum atomic E-state index is -0.526. The fourth-order valence-electron chi connectivity index (χ4n) is 2.22. The molecule has 1 aliphatic heterocycles. The second-order valence-electron chi connectivity index (χ2n) is 6.00. The van der Waals surface area contributed by atoms with E-state index in [0.717, 1.165) is 10.0 Å². The lowest BCUT2D eigenvalue weighted by Gasteiger charge is -2.30. The molecule has 0 spiro atoms. The Labute approximate surface area is 138 Å². The maximum absolute atomic E-state index is 12.4. The highest BCUT2D eigenvalue weighted by atomic mass is 79.9. The second kappa shape index (κ2) is 6.05. The summed E-state index contributed by atoms with van der Waals surface area (Å²) in [6.45, 7) is 8.35. The molecule has 2 rings (SSSR count). The third-order valence-corrected chi connectivity index (χ3v) is 3.90. The Hall–Kier alpha value is -0.940. The van der Waals surface area contributed by atoms with Crippen LogP contribution in [0.2, 0.25) is 5.02 Å². The van der Waals surface area contributed by atoms with E-state index in [9.17, 15) is 4.79 Å². The topological polar surface area (TPSA) is 38.8 Å². The van der Waals surface area contributed by atoms with Gasteiger partial charge in [-0.25, -0.2) is 4.79 Å². The quantitative estimate of drug-likeness (QED) is 0.653. The Morgan fingerprint density at radius 3 is 2.76 bits per heavy atom. The highest BCUT2D eigenvalue weighted by Gasteiger charge is 2.31. The third-order valence-electron chi connectivity index (χ3n) is 3.16. The molecule has 0 saturated heterocycles. The van der Waals surface area contributed by atoms with Crippen molar-refractivity contribution in [2.75, 3.05) is 13.2 Å². The number of halogens is 2. The van der Waals surface area contributed by atoms with Crippen molar-refractivity contribution in [3.63, 3.8) is 0 Å². The van der Waals surface area contributed by atoms with Crippen LogP contribution in [0.4, 0.5) is 4.79 Å². The van der Waals surface area contributed by atoms with Crippen molar-refractivity contribution in [3.05, 3.63) is 27.2 Å². The number of amides is 1. The fraction of sp³-hybridized carbons (Fsp3) is 0.533. The van der Waals surface area contributed by atoms with Gasteiger partial charge in [0.25, 0.3) is 0 Å². The molecule has 1 heterocycles. The molecule has 0 aliphatic carbocycles. The van der Waals surface area contributed by atoms with E-state index in [1.165, 1.54) is 0 Å². The highest BCUT2D eigenvalue weighted by Crippen LogP contribution is 2.39. The van der Waals surface area contributed by atoms with Crippen LogP contribution < -0.4 is 4.74 Å². The molecule has 1 aliphatic rings. The average molecular weight is 377 g/mol. The van der Waals surface area contributed by atoms with E-state index in [1.807, 2.05) is 33.8 Å². The summed E-state index contributed by atoms with van der Waals surface area (Å²) in [6, 6.07) is 3.54. The van der Waals surface area contributed by atoms with Crippen molar-refractivity contribution in [1.82, 2.24) is 4.90 Å². The first-order valence-electron chi connectivity index (χ1n) is 6.80. The summed E-state index contributed by atoms with van der Waals surface area (Å²) in [7, 11) is 0. The first-order valence-corrected chi connectivity index (χ1v) is 7.97. The summed E-state index contributed by atoms with van der Waals surface area (Å²) in [5.41, 5.74) is 0.347. The number of rotatable bonds is 0. The smallest absolute Gasteiger partial charge is 0.410 e. The van der Waals surface area contributed by atoms with E-state index in [1.54, 1.807) is 11.0 Å². The summed E-state index contributed by atoms with van der Waals surface area (Å²) in [5, 5.41) is 0.539. The zero-order chi connectivity index (χ0) is 15.8. The Balaban J connectivity index is 2.33. The van der Waals surface area contributed by atoms with Gasteiger partial charge in [-0.1, -0.05) is 27.5 Å². The molecule has 0 radical (unpaired) electrons. The van der Waals surface area contributed by atoms with Crippen LogP contribution in [0.15, 0.2) is 16.6 Å². The second-order valence-corrected chi connectivity index (χ2v) is 7.33. The summed E-state index contributed by atoms with van der Waals surface area (Å²) >= 11 is 9.65. The van der Waals surface area contributed by atoms with Crippen LogP contribution in [-0.2, 0) is 4.74 Å². The first-order chi connectivity index (χ1) is 9.69. The van der Waals surface area contributed by atoms with Gasteiger partial charge in [-0.05, 0) is 39.8 Å². The molecule has 1 aromatic carbocycles. The van der Waals surface area contributed by atoms with Crippen LogP contribution >= 0.6 is 27.5 Å². The van der Waals surface area contributed by atoms with Crippen molar-refractivity contribution in [1.29, 1.82) is 0 Å². The molecule has 4 nitrogen and oxygen atoms in total. The SMILES string of the molecule is CC1c2cc(Br)cc(Cl)c2OCCN1C(=O)OC(C)(C)C. The predicted molar refractivity (Wildman–Crippen MR) is 86.0 cm³/mol. The molecule has 21 heavy (non-hydrogen) atoms. The molecule has 0 fully saturated rings. The summed E-state index contributed by atoms with van der Waals surface area (Å²) < 4.78 is 12.0. The van der Waals surface area contributed by atoms with Gasteiger partial charge < -0.3 is 9.47 Å². The van der Waals surface area contributed by atoms with E-state index in [4.69, 9.17) is 21.1 Å². The molecule has 0 N–H and O–H groups in total. The van der Waals surface area contributed by atoms with Gasteiger partial charge in [-0.15, -0.1) is 0 Å². The summed E-state index contributed by atoms with van der Waals surface area (Å²) in [6.07, 6.45) is -0.345. The van der Waals surface area contributed by atoms with Crippen molar-refractivity contribution >= 4 is 33.6 Å². The minimum absolute atomic E-state index is 0.174. The number of carbonyl (C=O) groups is 1. The Kier molecular flexibility index (Phi) is 4.73. The number of nitrogens with zero attached hydrogens (tertiary/aromatic N) is 1. The van der Waals surface area contributed by atoms with Gasteiger partial charge in [0.2, 0.25) is 0 Å². The summed E-state index contributed by atoms with van der Waals surface area (Å²) in [5.74, 6) is 0.637. The van der Waals surface area contributed by atoms with Crippen molar-refractivity contribution in [2.24, 2.45) is 0 Å². The van der Waals surface area contributed by atoms with Gasteiger partial charge in [-0.2, -0.15) is 0 Å². The van der Waals surface area contributed by atoms with Crippen LogP contribution in [0.5, 0.6) is 5.75 Å². The largest absolute Gasteiger partial charge is 0.490 e. The zero-order valence-corrected chi connectivity index (χ0v) is 14.9. The van der Waals surface area contributed by atoms with Crippen molar-refractivity contribution in [3.8, 4) is 5.75 Å². The molecule has 0 aromatic heterocycles. The fourth-order valence-corrected chi connectivity index (χ4v) is 3.11. The van der Waals surface area contributed by atoms with E-state index in [0.29, 0.717) is 23.9 Å². The van der Waals surface area contributed by atoms with Gasteiger partial charge in [-0.3, -0.25) is 4.90 Å². The van der Waals surface area contributed by atoms with E-state index in [2.05, 4.69) is 15.9 Å². The van der Waals surface area contributed by atoms with Crippen LogP contribution in [-0.4, -0.2) is 29.7 Å². The minimum Gasteiger partial charge on any atom is -0.490 e. The maximum Gasteiger partial charge on any atom is 0.410 e. The molecule has 0 bridgehead atoms. The molecule has 6 heteroatoms. The molecule has 0 saturated carbocycles. The lowest BCUT2D eigenvalue weighted by Crippen LogP contribution is -2.39.